The zero-order chi connectivity index (χ0) is 13.8. The predicted octanol–water partition coefficient (Wildman–Crippen LogP) is 5.35. The summed E-state index contributed by atoms with van der Waals surface area (Å²) in [5.74, 6) is 4.13. The number of halogens is 1. The van der Waals surface area contributed by atoms with Crippen molar-refractivity contribution in [3.05, 3.63) is 0 Å². The van der Waals surface area contributed by atoms with E-state index in [9.17, 15) is 0 Å². The Morgan fingerprint density at radius 3 is 2.28 bits per heavy atom. The molecule has 0 aromatic carbocycles. The third kappa shape index (κ3) is 4.86. The van der Waals surface area contributed by atoms with Crippen LogP contribution < -0.4 is 0 Å². The molecule has 1 aliphatic carbocycles. The fourth-order valence-corrected chi connectivity index (χ4v) is 3.85. The van der Waals surface area contributed by atoms with E-state index in [2.05, 4.69) is 66.3 Å². The molecule has 0 unspecified atom stereocenters. The fourth-order valence-electron chi connectivity index (χ4n) is 2.28. The summed E-state index contributed by atoms with van der Waals surface area (Å²) in [6.07, 6.45) is 6.85. The van der Waals surface area contributed by atoms with Crippen LogP contribution in [0.5, 0.6) is 0 Å². The third-order valence-electron chi connectivity index (χ3n) is 4.48. The van der Waals surface area contributed by atoms with Crippen LogP contribution in [0.3, 0.4) is 0 Å². The van der Waals surface area contributed by atoms with Gasteiger partial charge >= 0.3 is 0 Å². The first-order valence-electron chi connectivity index (χ1n) is 7.05. The molecule has 18 heavy (non-hydrogen) atoms. The Morgan fingerprint density at radius 2 is 1.83 bits per heavy atom. The molecule has 1 nitrogen and oxygen atoms in total. The Balaban J connectivity index is 2.64. The van der Waals surface area contributed by atoms with Crippen LogP contribution in [0.1, 0.15) is 52.9 Å². The molecule has 1 aliphatic rings. The van der Waals surface area contributed by atoms with Crippen molar-refractivity contribution in [2.24, 2.45) is 5.92 Å². The quantitative estimate of drug-likeness (QED) is 0.364. The Morgan fingerprint density at radius 1 is 1.28 bits per heavy atom. The van der Waals surface area contributed by atoms with Crippen LogP contribution in [0.15, 0.2) is 0 Å². The number of hydrogen-bond acceptors (Lipinski definition) is 1. The number of rotatable bonds is 4. The Bertz CT molecular complexity index is 316. The smallest absolute Gasteiger partial charge is 0.193 e. The normalized spacial score (nSPS) is 19.4. The zero-order valence-corrected chi connectivity index (χ0v) is 15.6. The van der Waals surface area contributed by atoms with Gasteiger partial charge < -0.3 is 4.43 Å². The standard InChI is InChI=1S/C15H27IOSi/c1-15(2,3)18(4,5)17-14(10-11-16)12-13-8-6-7-9-13/h13-14H,6-9,12H2,1-5H3/t14-/m1/s1. The van der Waals surface area contributed by atoms with E-state index in [4.69, 9.17) is 4.43 Å². The van der Waals surface area contributed by atoms with Gasteiger partial charge in [0.15, 0.2) is 8.32 Å². The molecule has 0 radical (unpaired) electrons. The van der Waals surface area contributed by atoms with E-state index >= 15 is 0 Å². The predicted molar refractivity (Wildman–Crippen MR) is 90.4 cm³/mol. The monoisotopic (exact) mass is 378 g/mol. The Hall–Kier alpha value is 0.467. The van der Waals surface area contributed by atoms with Gasteiger partial charge in [-0.05, 0) is 34.4 Å². The first-order chi connectivity index (χ1) is 8.26. The SMILES string of the molecule is CC(C)(C)[Si](C)(C)O[C@H](C#CI)CC1CCCC1. The van der Waals surface area contributed by atoms with Crippen molar-refractivity contribution in [1.29, 1.82) is 0 Å². The van der Waals surface area contributed by atoms with Gasteiger partial charge in [-0.1, -0.05) is 52.4 Å². The van der Waals surface area contributed by atoms with Crippen molar-refractivity contribution < 1.29 is 4.43 Å². The van der Waals surface area contributed by atoms with Crippen LogP contribution >= 0.6 is 22.6 Å². The van der Waals surface area contributed by atoms with Gasteiger partial charge in [-0.3, -0.25) is 0 Å². The molecule has 0 heterocycles. The molecule has 0 aliphatic heterocycles. The van der Waals surface area contributed by atoms with Crippen LogP contribution in [0, 0.1) is 15.8 Å². The minimum Gasteiger partial charge on any atom is -0.403 e. The summed E-state index contributed by atoms with van der Waals surface area (Å²) in [6.45, 7) is 11.5. The topological polar surface area (TPSA) is 9.23 Å². The second kappa shape index (κ2) is 6.76. The molecule has 0 bridgehead atoms. The molecule has 0 spiro atoms. The van der Waals surface area contributed by atoms with E-state index < -0.39 is 8.32 Å². The van der Waals surface area contributed by atoms with Crippen molar-refractivity contribution in [3.8, 4) is 9.85 Å². The highest BCUT2D eigenvalue weighted by Crippen LogP contribution is 2.38. The highest BCUT2D eigenvalue weighted by Gasteiger charge is 2.39. The third-order valence-corrected chi connectivity index (χ3v) is 9.28. The molecule has 1 saturated carbocycles. The zero-order valence-electron chi connectivity index (χ0n) is 12.5. The van der Waals surface area contributed by atoms with Crippen LogP contribution in [0.25, 0.3) is 0 Å². The van der Waals surface area contributed by atoms with E-state index in [1.807, 2.05) is 0 Å². The average Bonchev–Trinajstić information content (AvgIpc) is 2.68. The molecule has 3 heteroatoms. The lowest BCUT2D eigenvalue weighted by Gasteiger charge is -2.38. The summed E-state index contributed by atoms with van der Waals surface area (Å²) < 4.78 is 9.50. The van der Waals surface area contributed by atoms with Crippen molar-refractivity contribution in [3.63, 3.8) is 0 Å². The van der Waals surface area contributed by atoms with Gasteiger partial charge in [0.05, 0.1) is 0 Å². The molecule has 1 rings (SSSR count). The molecule has 1 atom stereocenters. The van der Waals surface area contributed by atoms with Gasteiger partial charge in [0.25, 0.3) is 0 Å². The minimum absolute atomic E-state index is 0.158. The summed E-state index contributed by atoms with van der Waals surface area (Å²) in [6, 6.07) is 0. The molecular weight excluding hydrogens is 351 g/mol. The van der Waals surface area contributed by atoms with Crippen LogP contribution in [0.4, 0.5) is 0 Å². The lowest BCUT2D eigenvalue weighted by atomic mass is 10.0. The van der Waals surface area contributed by atoms with Gasteiger partial charge in [0.2, 0.25) is 0 Å². The molecule has 0 N–H and O–H groups in total. The largest absolute Gasteiger partial charge is 0.403 e. The van der Waals surface area contributed by atoms with Gasteiger partial charge in [0, 0.05) is 22.6 Å². The number of hydrogen-bond donors (Lipinski definition) is 0. The van der Waals surface area contributed by atoms with Gasteiger partial charge in [-0.2, -0.15) is 0 Å². The van der Waals surface area contributed by atoms with Crippen LogP contribution in [-0.4, -0.2) is 14.4 Å². The lowest BCUT2D eigenvalue weighted by molar-refractivity contribution is 0.200. The maximum absolute atomic E-state index is 6.47. The summed E-state index contributed by atoms with van der Waals surface area (Å²) in [4.78, 5) is 0. The minimum atomic E-state index is -1.68. The van der Waals surface area contributed by atoms with Crippen LogP contribution in [-0.2, 0) is 4.43 Å². The highest BCUT2D eigenvalue weighted by atomic mass is 127. The van der Waals surface area contributed by atoms with E-state index in [0.29, 0.717) is 0 Å². The van der Waals surface area contributed by atoms with E-state index in [1.165, 1.54) is 25.7 Å². The lowest BCUT2D eigenvalue weighted by Crippen LogP contribution is -2.44. The van der Waals surface area contributed by atoms with E-state index in [1.54, 1.807) is 0 Å². The molecule has 0 aromatic heterocycles. The Kier molecular flexibility index (Phi) is 6.21. The summed E-state index contributed by atoms with van der Waals surface area (Å²) in [5.41, 5.74) is 0. The maximum atomic E-state index is 6.47. The first-order valence-corrected chi connectivity index (χ1v) is 11.0. The molecule has 104 valence electrons. The molecule has 0 amide bonds. The van der Waals surface area contributed by atoms with Gasteiger partial charge in [-0.25, -0.2) is 0 Å². The molecule has 1 fully saturated rings. The van der Waals surface area contributed by atoms with E-state index in [0.717, 1.165) is 12.3 Å². The molecule has 0 saturated heterocycles. The Labute approximate surface area is 128 Å². The molecular formula is C15H27IOSi. The van der Waals surface area contributed by atoms with Gasteiger partial charge in [-0.15, -0.1) is 0 Å². The first kappa shape index (κ1) is 16.5. The van der Waals surface area contributed by atoms with E-state index in [-0.39, 0.29) is 11.1 Å². The van der Waals surface area contributed by atoms with Crippen molar-refractivity contribution in [1.82, 2.24) is 0 Å². The van der Waals surface area contributed by atoms with Gasteiger partial charge in [0.1, 0.15) is 6.10 Å². The maximum Gasteiger partial charge on any atom is 0.193 e. The summed E-state index contributed by atoms with van der Waals surface area (Å²) >= 11 is 2.14. The summed E-state index contributed by atoms with van der Waals surface area (Å²) in [7, 11) is -1.68. The van der Waals surface area contributed by atoms with Crippen molar-refractivity contribution in [2.75, 3.05) is 0 Å². The second-order valence-electron chi connectivity index (χ2n) is 6.99. The van der Waals surface area contributed by atoms with Crippen molar-refractivity contribution in [2.45, 2.75) is 77.1 Å². The fraction of sp³-hybridized carbons (Fsp3) is 0.867. The van der Waals surface area contributed by atoms with Crippen LogP contribution in [0.2, 0.25) is 18.1 Å². The highest BCUT2D eigenvalue weighted by molar-refractivity contribution is 14.1. The second-order valence-corrected chi connectivity index (χ2v) is 12.3. The average molecular weight is 378 g/mol. The summed E-state index contributed by atoms with van der Waals surface area (Å²) in [5, 5.41) is 0.272. The molecule has 0 aromatic rings. The van der Waals surface area contributed by atoms with Crippen molar-refractivity contribution >= 4 is 30.9 Å².